The van der Waals surface area contributed by atoms with E-state index in [1.165, 1.54) is 12.8 Å². The van der Waals surface area contributed by atoms with Gasteiger partial charge in [-0.1, -0.05) is 25.0 Å². The first kappa shape index (κ1) is 30.3. The topological polar surface area (TPSA) is 100 Å². The second-order valence-corrected chi connectivity index (χ2v) is 12.4. The van der Waals surface area contributed by atoms with E-state index >= 15 is 0 Å². The molecular formula is C34H44N6O4. The Bertz CT molecular complexity index is 1490. The number of carbonyl (C=O) groups excluding carboxylic acids is 3. The molecule has 0 unspecified atom stereocenters. The third-order valence-electron chi connectivity index (χ3n) is 9.34. The van der Waals surface area contributed by atoms with E-state index in [0.29, 0.717) is 43.4 Å². The highest BCUT2D eigenvalue weighted by Gasteiger charge is 2.23. The maximum Gasteiger partial charge on any atom is 0.257 e. The van der Waals surface area contributed by atoms with Gasteiger partial charge in [-0.2, -0.15) is 0 Å². The van der Waals surface area contributed by atoms with Gasteiger partial charge < -0.3 is 19.1 Å². The van der Waals surface area contributed by atoms with Crippen LogP contribution in [0.1, 0.15) is 67.3 Å². The molecule has 3 aromatic rings. The number of rotatable bonds is 11. The van der Waals surface area contributed by atoms with Crippen LogP contribution in [0.3, 0.4) is 0 Å². The molecule has 3 heterocycles. The molecule has 10 heteroatoms. The summed E-state index contributed by atoms with van der Waals surface area (Å²) < 4.78 is 7.49. The zero-order valence-electron chi connectivity index (χ0n) is 25.8. The summed E-state index contributed by atoms with van der Waals surface area (Å²) >= 11 is 0. The molecule has 2 aliphatic heterocycles. The summed E-state index contributed by atoms with van der Waals surface area (Å²) in [6.45, 7) is 6.07. The number of likely N-dealkylation sites (tertiary alicyclic amines) is 1. The number of aromatic nitrogens is 2. The van der Waals surface area contributed by atoms with Crippen molar-refractivity contribution in [2.24, 2.45) is 5.92 Å². The Morgan fingerprint density at radius 3 is 2.61 bits per heavy atom. The maximum atomic E-state index is 13.5. The van der Waals surface area contributed by atoms with E-state index < -0.39 is 0 Å². The quantitative estimate of drug-likeness (QED) is 0.343. The van der Waals surface area contributed by atoms with Gasteiger partial charge in [-0.25, -0.2) is 4.98 Å². The van der Waals surface area contributed by atoms with Crippen molar-refractivity contribution in [3.63, 3.8) is 0 Å². The molecule has 1 N–H and O–H groups in total. The number of hydrogen-bond acceptors (Lipinski definition) is 6. The van der Waals surface area contributed by atoms with Crippen molar-refractivity contribution in [1.82, 2.24) is 19.4 Å². The molecular weight excluding hydrogens is 556 g/mol. The number of ether oxygens (including phenoxy) is 1. The van der Waals surface area contributed by atoms with Crippen LogP contribution in [0, 0.1) is 5.92 Å². The van der Waals surface area contributed by atoms with Gasteiger partial charge in [0, 0.05) is 70.4 Å². The number of nitrogens with zero attached hydrogens (tertiary/aromatic N) is 5. The number of benzene rings is 2. The second-order valence-electron chi connectivity index (χ2n) is 12.4. The fraction of sp³-hybridized carbons (Fsp3) is 0.529. The summed E-state index contributed by atoms with van der Waals surface area (Å²) in [4.78, 5) is 49.6. The van der Waals surface area contributed by atoms with Gasteiger partial charge in [0.15, 0.2) is 0 Å². The average molecular weight is 601 g/mol. The molecule has 44 heavy (non-hydrogen) atoms. The number of morpholine rings is 1. The molecule has 0 spiro atoms. The van der Waals surface area contributed by atoms with Crippen LogP contribution in [0.2, 0.25) is 0 Å². The molecule has 6 rings (SSSR count). The highest BCUT2D eigenvalue weighted by atomic mass is 16.5. The van der Waals surface area contributed by atoms with Gasteiger partial charge in [-0.15, -0.1) is 0 Å². The summed E-state index contributed by atoms with van der Waals surface area (Å²) in [5.74, 6) is 1.06. The molecule has 2 aromatic carbocycles. The number of hydrogen-bond donors (Lipinski definition) is 1. The first-order chi connectivity index (χ1) is 21.4. The first-order valence-corrected chi connectivity index (χ1v) is 16.2. The van der Waals surface area contributed by atoms with Crippen LogP contribution in [-0.2, 0) is 27.4 Å². The van der Waals surface area contributed by atoms with Gasteiger partial charge in [0.05, 0.1) is 24.2 Å². The Labute approximate surface area is 259 Å². The Balaban J connectivity index is 1.21. The molecule has 0 atom stereocenters. The van der Waals surface area contributed by atoms with Gasteiger partial charge in [0.2, 0.25) is 17.8 Å². The standard InChI is InChI=1S/C34H44N6O4/c1-37(32(42)22-25-7-2-3-8-25)28-12-13-30-29(23-28)35-34(40(30)16-6-15-39-14-5-11-31(39)41)36-33(43)27-10-4-9-26(21-27)24-38-17-19-44-20-18-38/h4,9-10,12-13,21,23,25H,2-3,5-8,11,14-20,22,24H2,1H3,(H,35,36,43). The van der Waals surface area contributed by atoms with Crippen LogP contribution in [0.15, 0.2) is 42.5 Å². The molecule has 0 bridgehead atoms. The smallest absolute Gasteiger partial charge is 0.257 e. The van der Waals surface area contributed by atoms with Crippen LogP contribution < -0.4 is 10.2 Å². The normalized spacial score (nSPS) is 17.9. The van der Waals surface area contributed by atoms with Crippen molar-refractivity contribution in [2.75, 3.05) is 56.7 Å². The van der Waals surface area contributed by atoms with Crippen LogP contribution in [0.4, 0.5) is 11.6 Å². The van der Waals surface area contributed by atoms with Crippen LogP contribution in [-0.4, -0.2) is 83.5 Å². The van der Waals surface area contributed by atoms with Crippen LogP contribution >= 0.6 is 0 Å². The monoisotopic (exact) mass is 600 g/mol. The number of amides is 3. The molecule has 1 aromatic heterocycles. The number of imidazole rings is 1. The van der Waals surface area contributed by atoms with Gasteiger partial charge in [0.1, 0.15) is 0 Å². The molecule has 234 valence electrons. The lowest BCUT2D eigenvalue weighted by Gasteiger charge is -2.26. The molecule has 3 aliphatic rings. The number of fused-ring (bicyclic) bond motifs is 1. The minimum absolute atomic E-state index is 0.122. The van der Waals surface area contributed by atoms with Crippen LogP contribution in [0.25, 0.3) is 11.0 Å². The highest BCUT2D eigenvalue weighted by molar-refractivity contribution is 6.04. The minimum atomic E-state index is -0.218. The van der Waals surface area contributed by atoms with Crippen molar-refractivity contribution < 1.29 is 19.1 Å². The third kappa shape index (κ3) is 7.13. The molecule has 3 amide bonds. The third-order valence-corrected chi connectivity index (χ3v) is 9.34. The molecule has 1 saturated carbocycles. The zero-order valence-corrected chi connectivity index (χ0v) is 25.8. The Kier molecular flexibility index (Phi) is 9.57. The molecule has 3 fully saturated rings. The predicted octanol–water partition coefficient (Wildman–Crippen LogP) is 4.68. The zero-order chi connectivity index (χ0) is 30.5. The SMILES string of the molecule is CN(C(=O)CC1CCCC1)c1ccc2c(c1)nc(NC(=O)c1cccc(CN3CCOCC3)c1)n2CCCN1CCCC1=O. The second kappa shape index (κ2) is 13.9. The van der Waals surface area contributed by atoms with Crippen molar-refractivity contribution in [3.05, 3.63) is 53.6 Å². The average Bonchev–Trinajstić information content (AvgIpc) is 3.78. The van der Waals surface area contributed by atoms with E-state index in [9.17, 15) is 14.4 Å². The fourth-order valence-electron chi connectivity index (χ4n) is 6.75. The van der Waals surface area contributed by atoms with E-state index in [-0.39, 0.29) is 17.7 Å². The van der Waals surface area contributed by atoms with E-state index in [2.05, 4.69) is 10.2 Å². The van der Waals surface area contributed by atoms with Gasteiger partial charge in [-0.3, -0.25) is 24.6 Å². The van der Waals surface area contributed by atoms with E-state index in [1.54, 1.807) is 4.90 Å². The number of nitrogens with one attached hydrogen (secondary N) is 1. The highest BCUT2D eigenvalue weighted by Crippen LogP contribution is 2.30. The van der Waals surface area contributed by atoms with E-state index in [1.807, 2.05) is 59.0 Å². The summed E-state index contributed by atoms with van der Waals surface area (Å²) in [6, 6.07) is 13.6. The Hall–Kier alpha value is -3.76. The lowest BCUT2D eigenvalue weighted by molar-refractivity contribution is -0.127. The van der Waals surface area contributed by atoms with Crippen molar-refractivity contribution in [3.8, 4) is 0 Å². The Morgan fingerprint density at radius 2 is 1.84 bits per heavy atom. The first-order valence-electron chi connectivity index (χ1n) is 16.2. The molecule has 2 saturated heterocycles. The van der Waals surface area contributed by atoms with Crippen LogP contribution in [0.5, 0.6) is 0 Å². The Morgan fingerprint density at radius 1 is 1.02 bits per heavy atom. The van der Waals surface area contributed by atoms with Crippen molar-refractivity contribution >= 4 is 40.4 Å². The van der Waals surface area contributed by atoms with Gasteiger partial charge >= 0.3 is 0 Å². The lowest BCUT2D eigenvalue weighted by Crippen LogP contribution is -2.35. The van der Waals surface area contributed by atoms with E-state index in [0.717, 1.165) is 87.4 Å². The van der Waals surface area contributed by atoms with Crippen molar-refractivity contribution in [1.29, 1.82) is 0 Å². The maximum absolute atomic E-state index is 13.5. The van der Waals surface area contributed by atoms with Gasteiger partial charge in [0.25, 0.3) is 5.91 Å². The summed E-state index contributed by atoms with van der Waals surface area (Å²) in [5, 5.41) is 3.07. The van der Waals surface area contributed by atoms with Gasteiger partial charge in [-0.05, 0) is 67.5 Å². The predicted molar refractivity (Wildman–Crippen MR) is 171 cm³/mol. The van der Waals surface area contributed by atoms with E-state index in [4.69, 9.17) is 9.72 Å². The molecule has 10 nitrogen and oxygen atoms in total. The summed E-state index contributed by atoms with van der Waals surface area (Å²) in [7, 11) is 1.83. The summed E-state index contributed by atoms with van der Waals surface area (Å²) in [5.41, 5.74) is 4.06. The number of aryl methyl sites for hydroxylation is 1. The molecule has 1 aliphatic carbocycles. The fourth-order valence-corrected chi connectivity index (χ4v) is 6.75. The van der Waals surface area contributed by atoms with Crippen molar-refractivity contribution in [2.45, 2.75) is 64.5 Å². The number of anilines is 2. The minimum Gasteiger partial charge on any atom is -0.379 e. The largest absolute Gasteiger partial charge is 0.379 e. The summed E-state index contributed by atoms with van der Waals surface area (Å²) in [6.07, 6.45) is 7.54. The molecule has 0 radical (unpaired) electrons. The lowest BCUT2D eigenvalue weighted by atomic mass is 10.0. The number of carbonyl (C=O) groups is 3.